The maximum absolute atomic E-state index is 11.1. The Kier molecular flexibility index (Phi) is 3.15. The number of hydrogen-bond donors (Lipinski definition) is 0. The Morgan fingerprint density at radius 1 is 1.43 bits per heavy atom. The van der Waals surface area contributed by atoms with E-state index >= 15 is 0 Å². The second-order valence-corrected chi connectivity index (χ2v) is 4.56. The van der Waals surface area contributed by atoms with Gasteiger partial charge >= 0.3 is 5.69 Å². The summed E-state index contributed by atoms with van der Waals surface area (Å²) in [6.07, 6.45) is 1.29. The fourth-order valence-electron chi connectivity index (χ4n) is 1.85. The number of aryl methyl sites for hydroxylation is 1. The molecule has 2 heterocycles. The first-order valence-corrected chi connectivity index (χ1v) is 6.22. The van der Waals surface area contributed by atoms with Crippen molar-refractivity contribution in [2.75, 3.05) is 0 Å². The van der Waals surface area contributed by atoms with Gasteiger partial charge in [-0.15, -0.1) is 0 Å². The summed E-state index contributed by atoms with van der Waals surface area (Å²) in [6, 6.07) is 6.08. The van der Waals surface area contributed by atoms with Gasteiger partial charge in [-0.2, -0.15) is 19.6 Å². The highest BCUT2D eigenvalue weighted by molar-refractivity contribution is 6.29. The second-order valence-electron chi connectivity index (χ2n) is 4.17. The van der Waals surface area contributed by atoms with Crippen LogP contribution in [0.1, 0.15) is 5.56 Å². The van der Waals surface area contributed by atoms with Crippen LogP contribution < -0.4 is 4.74 Å². The van der Waals surface area contributed by atoms with Gasteiger partial charge in [0.15, 0.2) is 0 Å². The Labute approximate surface area is 123 Å². The molecular weight excluding hydrogens is 298 g/mol. The summed E-state index contributed by atoms with van der Waals surface area (Å²) in [5, 5.41) is 15.2. The Morgan fingerprint density at radius 2 is 2.24 bits per heavy atom. The van der Waals surface area contributed by atoms with E-state index in [2.05, 4.69) is 15.1 Å². The van der Waals surface area contributed by atoms with Crippen molar-refractivity contribution in [1.82, 2.24) is 19.6 Å². The van der Waals surface area contributed by atoms with Crippen LogP contribution >= 0.6 is 11.6 Å². The molecule has 8 nitrogen and oxygen atoms in total. The Bertz CT molecular complexity index is 848. The van der Waals surface area contributed by atoms with Crippen molar-refractivity contribution in [1.29, 1.82) is 0 Å². The lowest BCUT2D eigenvalue weighted by molar-refractivity contribution is -0.385. The number of aromatic nitrogens is 4. The van der Waals surface area contributed by atoms with Gasteiger partial charge in [0.05, 0.1) is 4.92 Å². The van der Waals surface area contributed by atoms with Crippen molar-refractivity contribution in [2.24, 2.45) is 0 Å². The third-order valence-corrected chi connectivity index (χ3v) is 2.98. The average Bonchev–Trinajstić information content (AvgIpc) is 2.88. The fraction of sp³-hybridized carbons (Fsp3) is 0.0833. The highest BCUT2D eigenvalue weighted by Gasteiger charge is 2.19. The third kappa shape index (κ3) is 2.36. The van der Waals surface area contributed by atoms with E-state index in [-0.39, 0.29) is 28.2 Å². The van der Waals surface area contributed by atoms with Gasteiger partial charge < -0.3 is 4.74 Å². The summed E-state index contributed by atoms with van der Waals surface area (Å²) in [6.45, 7) is 1.71. The second kappa shape index (κ2) is 4.98. The molecule has 106 valence electrons. The summed E-state index contributed by atoms with van der Waals surface area (Å²) in [5.74, 6) is 0.565. The fourth-order valence-corrected chi connectivity index (χ4v) is 2.02. The monoisotopic (exact) mass is 305 g/mol. The van der Waals surface area contributed by atoms with Crippen LogP contribution in [0.3, 0.4) is 0 Å². The zero-order valence-electron chi connectivity index (χ0n) is 10.7. The van der Waals surface area contributed by atoms with Gasteiger partial charge in [0.25, 0.3) is 5.78 Å². The molecular formula is C12H8ClN5O3. The maximum Gasteiger partial charge on any atom is 0.311 e. The Morgan fingerprint density at radius 3 is 3.00 bits per heavy atom. The number of halogens is 1. The van der Waals surface area contributed by atoms with Gasteiger partial charge in [-0.25, -0.2) is 0 Å². The van der Waals surface area contributed by atoms with Crippen LogP contribution in [0.15, 0.2) is 30.6 Å². The van der Waals surface area contributed by atoms with Crippen LogP contribution in [0.4, 0.5) is 5.69 Å². The Hall–Kier alpha value is -2.74. The normalized spacial score (nSPS) is 10.8. The van der Waals surface area contributed by atoms with Gasteiger partial charge in [-0.05, 0) is 12.5 Å². The largest absolute Gasteiger partial charge is 0.431 e. The topological polar surface area (TPSA) is 95.5 Å². The van der Waals surface area contributed by atoms with E-state index in [1.165, 1.54) is 23.0 Å². The smallest absolute Gasteiger partial charge is 0.311 e. The number of nitro benzene ring substituents is 1. The summed E-state index contributed by atoms with van der Waals surface area (Å²) in [4.78, 5) is 18.4. The first-order valence-electron chi connectivity index (χ1n) is 5.84. The molecule has 0 unspecified atom stereocenters. The molecule has 0 saturated heterocycles. The molecule has 9 heteroatoms. The number of fused-ring (bicyclic) bond motifs is 1. The predicted molar refractivity (Wildman–Crippen MR) is 73.7 cm³/mol. The van der Waals surface area contributed by atoms with E-state index in [1.54, 1.807) is 19.1 Å². The number of hydrogen-bond acceptors (Lipinski definition) is 6. The summed E-state index contributed by atoms with van der Waals surface area (Å²) in [5.41, 5.74) is 0.474. The minimum Gasteiger partial charge on any atom is -0.431 e. The average molecular weight is 306 g/mol. The van der Waals surface area contributed by atoms with Gasteiger partial charge in [-0.1, -0.05) is 23.7 Å². The lowest BCUT2D eigenvalue weighted by Crippen LogP contribution is -2.01. The minimum absolute atomic E-state index is 0.126. The molecule has 0 radical (unpaired) electrons. The van der Waals surface area contributed by atoms with E-state index in [0.717, 1.165) is 0 Å². The van der Waals surface area contributed by atoms with Crippen molar-refractivity contribution in [3.8, 4) is 11.6 Å². The van der Waals surface area contributed by atoms with Gasteiger partial charge in [-0.3, -0.25) is 10.1 Å². The summed E-state index contributed by atoms with van der Waals surface area (Å²) >= 11 is 5.88. The third-order valence-electron chi connectivity index (χ3n) is 2.78. The Balaban J connectivity index is 2.15. The standard InChI is InChI=1S/C12H8ClN5O3/c1-7-3-2-4-8(18(19)20)11(7)21-10-5-9(13)16-12-14-6-15-17(10)12/h2-6H,1H3. The van der Waals surface area contributed by atoms with Gasteiger partial charge in [0, 0.05) is 12.1 Å². The van der Waals surface area contributed by atoms with Crippen molar-refractivity contribution >= 4 is 23.1 Å². The molecule has 0 aliphatic carbocycles. The molecule has 21 heavy (non-hydrogen) atoms. The van der Waals surface area contributed by atoms with Crippen LogP contribution in [0, 0.1) is 17.0 Å². The van der Waals surface area contributed by atoms with Crippen LogP contribution in [0.2, 0.25) is 5.15 Å². The molecule has 0 spiro atoms. The van der Waals surface area contributed by atoms with Crippen molar-refractivity contribution in [3.05, 3.63) is 51.4 Å². The molecule has 3 aromatic rings. The summed E-state index contributed by atoms with van der Waals surface area (Å²) < 4.78 is 6.96. The molecule has 1 aromatic carbocycles. The highest BCUT2D eigenvalue weighted by atomic mass is 35.5. The number of benzene rings is 1. The molecule has 0 aliphatic rings. The van der Waals surface area contributed by atoms with E-state index < -0.39 is 4.92 Å². The quantitative estimate of drug-likeness (QED) is 0.419. The number of para-hydroxylation sites is 1. The molecule has 0 saturated carbocycles. The van der Waals surface area contributed by atoms with Gasteiger partial charge in [0.1, 0.15) is 11.5 Å². The van der Waals surface area contributed by atoms with E-state index in [4.69, 9.17) is 16.3 Å². The molecule has 0 bridgehead atoms. The first-order chi connectivity index (χ1) is 10.1. The SMILES string of the molecule is Cc1cccc([N+](=O)[O-])c1Oc1cc(Cl)nc2ncnn12. The summed E-state index contributed by atoms with van der Waals surface area (Å²) in [7, 11) is 0. The predicted octanol–water partition coefficient (Wildman–Crippen LogP) is 2.79. The molecule has 0 atom stereocenters. The maximum atomic E-state index is 11.1. The van der Waals surface area contributed by atoms with Gasteiger partial charge in [0.2, 0.25) is 11.6 Å². The highest BCUT2D eigenvalue weighted by Crippen LogP contribution is 2.34. The molecule has 0 aliphatic heterocycles. The first kappa shape index (κ1) is 13.3. The van der Waals surface area contributed by atoms with Crippen LogP contribution in [-0.2, 0) is 0 Å². The zero-order valence-corrected chi connectivity index (χ0v) is 11.5. The molecule has 2 aromatic heterocycles. The lowest BCUT2D eigenvalue weighted by atomic mass is 10.2. The van der Waals surface area contributed by atoms with Crippen LogP contribution in [-0.4, -0.2) is 24.5 Å². The zero-order chi connectivity index (χ0) is 15.0. The van der Waals surface area contributed by atoms with Crippen molar-refractivity contribution in [2.45, 2.75) is 6.92 Å². The van der Waals surface area contributed by atoms with Crippen LogP contribution in [0.25, 0.3) is 5.78 Å². The van der Waals surface area contributed by atoms with E-state index in [1.807, 2.05) is 0 Å². The molecule has 0 N–H and O–H groups in total. The number of nitro groups is 1. The van der Waals surface area contributed by atoms with E-state index in [0.29, 0.717) is 5.56 Å². The van der Waals surface area contributed by atoms with Crippen molar-refractivity contribution < 1.29 is 9.66 Å². The number of rotatable bonds is 3. The lowest BCUT2D eigenvalue weighted by Gasteiger charge is -2.09. The molecule has 0 amide bonds. The van der Waals surface area contributed by atoms with Crippen LogP contribution in [0.5, 0.6) is 11.6 Å². The minimum atomic E-state index is -0.510. The van der Waals surface area contributed by atoms with E-state index in [9.17, 15) is 10.1 Å². The number of ether oxygens (including phenoxy) is 1. The molecule has 3 rings (SSSR count). The number of nitrogens with zero attached hydrogens (tertiary/aromatic N) is 5. The molecule has 0 fully saturated rings. The van der Waals surface area contributed by atoms with Crippen molar-refractivity contribution in [3.63, 3.8) is 0 Å².